The Labute approximate surface area is 280 Å². The number of aliphatic hydroxyl groups is 1. The molecule has 3 aromatic rings. The second-order valence-corrected chi connectivity index (χ2v) is 13.0. The van der Waals surface area contributed by atoms with Gasteiger partial charge in [0, 0.05) is 81.2 Å². The van der Waals surface area contributed by atoms with Crippen LogP contribution in [0.4, 0.5) is 11.4 Å². The van der Waals surface area contributed by atoms with Gasteiger partial charge in [-0.3, -0.25) is 19.5 Å². The molecule has 1 amide bonds. The molecule has 0 radical (unpaired) electrons. The second kappa shape index (κ2) is 13.5. The molecule has 0 saturated carbocycles. The van der Waals surface area contributed by atoms with Crippen molar-refractivity contribution in [1.82, 2.24) is 23.9 Å². The normalized spacial score (nSPS) is 19.2. The zero-order valence-electron chi connectivity index (χ0n) is 27.8. The summed E-state index contributed by atoms with van der Waals surface area (Å²) in [4.78, 5) is 42.5. The molecule has 48 heavy (non-hydrogen) atoms. The number of pyridine rings is 2. The first-order valence-electron chi connectivity index (χ1n) is 16.9. The van der Waals surface area contributed by atoms with Crippen molar-refractivity contribution >= 4 is 24.0 Å². The zero-order valence-corrected chi connectivity index (χ0v) is 27.8. The molecule has 3 aliphatic heterocycles. The average molecular weight is 653 g/mol. The molecular formula is C36H44N8O4. The number of ether oxygens (including phenoxy) is 1. The Morgan fingerprint density at radius 2 is 1.90 bits per heavy atom. The predicted octanol–water partition coefficient (Wildman–Crippen LogP) is 3.15. The van der Waals surface area contributed by atoms with Crippen LogP contribution in [0, 0.1) is 0 Å². The largest absolute Gasteiger partial charge is 0.392 e. The predicted molar refractivity (Wildman–Crippen MR) is 186 cm³/mol. The lowest BCUT2D eigenvalue weighted by Crippen LogP contribution is -2.56. The molecule has 0 spiro atoms. The second-order valence-electron chi connectivity index (χ2n) is 13.0. The molecule has 1 aliphatic carbocycles. The quantitative estimate of drug-likeness (QED) is 0.267. The number of carbonyl (C=O) groups is 1. The first-order valence-corrected chi connectivity index (χ1v) is 16.9. The molecule has 0 unspecified atom stereocenters. The van der Waals surface area contributed by atoms with Gasteiger partial charge in [-0.05, 0) is 75.2 Å². The van der Waals surface area contributed by atoms with Gasteiger partial charge >= 0.3 is 0 Å². The minimum absolute atomic E-state index is 0.0738. The van der Waals surface area contributed by atoms with E-state index in [1.807, 2.05) is 12.2 Å². The lowest BCUT2D eigenvalue weighted by atomic mass is 9.98. The Bertz CT molecular complexity index is 1840. The van der Waals surface area contributed by atoms with Crippen LogP contribution in [-0.4, -0.2) is 93.6 Å². The van der Waals surface area contributed by atoms with E-state index in [4.69, 9.17) is 4.74 Å². The molecular weight excluding hydrogens is 608 g/mol. The van der Waals surface area contributed by atoms with Gasteiger partial charge in [0.2, 0.25) is 0 Å². The van der Waals surface area contributed by atoms with E-state index < -0.39 is 0 Å². The van der Waals surface area contributed by atoms with Crippen molar-refractivity contribution in [2.24, 2.45) is 12.0 Å². The number of piperazine rings is 1. The number of fused-ring (bicyclic) bond motifs is 3. The molecule has 12 nitrogen and oxygen atoms in total. The Morgan fingerprint density at radius 1 is 1.10 bits per heavy atom. The molecule has 12 heteroatoms. The standard InChI is InChI=1S/C36H44N8O4/c1-24(41-12-14-42(15-13-41)27-22-48-23-27)8-9-33(37-2)39-29-18-26(20-40(3)35(29)46)34-28(21-45)31(10-11-38-34)44-17-16-43-30-7-5-4-6-25(30)19-32(43)36(44)47/h8-11,18-20,27,39,45H,2,4-7,12-17,21-23H2,1,3H3/b24-8+,33-9+. The number of hydrogen-bond acceptors (Lipinski definition) is 9. The minimum Gasteiger partial charge on any atom is -0.392 e. The molecule has 0 bridgehead atoms. The van der Waals surface area contributed by atoms with Gasteiger partial charge in [-0.2, -0.15) is 0 Å². The van der Waals surface area contributed by atoms with Crippen LogP contribution in [0.5, 0.6) is 0 Å². The Morgan fingerprint density at radius 3 is 2.62 bits per heavy atom. The molecule has 0 atom stereocenters. The highest BCUT2D eigenvalue weighted by atomic mass is 16.5. The third-order valence-corrected chi connectivity index (χ3v) is 10.2. The van der Waals surface area contributed by atoms with Gasteiger partial charge in [0.25, 0.3) is 11.5 Å². The van der Waals surface area contributed by atoms with Crippen molar-refractivity contribution in [3.63, 3.8) is 0 Å². The van der Waals surface area contributed by atoms with Gasteiger partial charge in [0.1, 0.15) is 17.2 Å². The van der Waals surface area contributed by atoms with Gasteiger partial charge in [0.15, 0.2) is 0 Å². The summed E-state index contributed by atoms with van der Waals surface area (Å²) in [6, 6.07) is 6.10. The monoisotopic (exact) mass is 652 g/mol. The highest BCUT2D eigenvalue weighted by Gasteiger charge is 2.32. The fraction of sp³-hybridized carbons (Fsp3) is 0.444. The molecule has 7 rings (SSSR count). The number of aryl methyl sites for hydroxylation is 2. The summed E-state index contributed by atoms with van der Waals surface area (Å²) in [7, 11) is 1.67. The van der Waals surface area contributed by atoms with E-state index in [9.17, 15) is 14.7 Å². The van der Waals surface area contributed by atoms with Crippen LogP contribution < -0.4 is 15.8 Å². The number of amides is 1. The SMILES string of the molecule is C=N/C(=C\C=C(/C)N1CCN(C2COC2)CC1)Nc1cc(-c2nccc(N3CCn4c(cc5c4CCCC5)C3=O)c2CO)cn(C)c1=O. The maximum Gasteiger partial charge on any atom is 0.274 e. The fourth-order valence-electron chi connectivity index (χ4n) is 7.39. The van der Waals surface area contributed by atoms with Crippen molar-refractivity contribution in [3.8, 4) is 11.3 Å². The zero-order chi connectivity index (χ0) is 33.4. The number of aromatic nitrogens is 3. The van der Waals surface area contributed by atoms with Crippen molar-refractivity contribution in [2.75, 3.05) is 56.2 Å². The van der Waals surface area contributed by atoms with Crippen molar-refractivity contribution in [2.45, 2.75) is 51.8 Å². The number of aliphatic imine (C=N–C) groups is 1. The molecule has 0 aromatic carbocycles. The first kappa shape index (κ1) is 32.0. The maximum atomic E-state index is 13.8. The van der Waals surface area contributed by atoms with Gasteiger partial charge in [-0.25, -0.2) is 4.99 Å². The summed E-state index contributed by atoms with van der Waals surface area (Å²) in [6.45, 7) is 12.2. The summed E-state index contributed by atoms with van der Waals surface area (Å²) in [5, 5.41) is 13.8. The highest BCUT2D eigenvalue weighted by molar-refractivity contribution is 6.07. The summed E-state index contributed by atoms with van der Waals surface area (Å²) in [5.74, 6) is 0.359. The summed E-state index contributed by atoms with van der Waals surface area (Å²) >= 11 is 0. The van der Waals surface area contributed by atoms with Crippen molar-refractivity contribution < 1.29 is 14.6 Å². The summed E-state index contributed by atoms with van der Waals surface area (Å²) in [5.41, 5.74) is 6.71. The van der Waals surface area contributed by atoms with Crippen LogP contribution in [0.2, 0.25) is 0 Å². The maximum absolute atomic E-state index is 13.8. The van der Waals surface area contributed by atoms with E-state index in [0.717, 1.165) is 70.8 Å². The molecule has 252 valence electrons. The third kappa shape index (κ3) is 5.99. The Balaban J connectivity index is 1.13. The summed E-state index contributed by atoms with van der Waals surface area (Å²) < 4.78 is 9.01. The van der Waals surface area contributed by atoms with Crippen LogP contribution >= 0.6 is 0 Å². The number of aliphatic hydroxyl groups excluding tert-OH is 1. The lowest BCUT2D eigenvalue weighted by Gasteiger charge is -2.43. The highest BCUT2D eigenvalue weighted by Crippen LogP contribution is 2.34. The van der Waals surface area contributed by atoms with Crippen LogP contribution in [0.25, 0.3) is 11.3 Å². The molecule has 4 aliphatic rings. The topological polar surface area (TPSA) is 120 Å². The van der Waals surface area contributed by atoms with Gasteiger partial charge in [-0.1, -0.05) is 0 Å². The third-order valence-electron chi connectivity index (χ3n) is 10.2. The Kier molecular flexibility index (Phi) is 9.04. The van der Waals surface area contributed by atoms with E-state index >= 15 is 0 Å². The van der Waals surface area contributed by atoms with Crippen LogP contribution in [-0.2, 0) is 37.8 Å². The number of rotatable bonds is 9. The van der Waals surface area contributed by atoms with Gasteiger partial charge in [0.05, 0.1) is 37.2 Å². The van der Waals surface area contributed by atoms with E-state index in [0.29, 0.717) is 58.8 Å². The molecule has 2 saturated heterocycles. The Hall–Kier alpha value is -4.52. The number of allylic oxidation sites excluding steroid dienone is 3. The van der Waals surface area contributed by atoms with E-state index in [1.165, 1.54) is 15.8 Å². The van der Waals surface area contributed by atoms with E-state index in [1.54, 1.807) is 36.5 Å². The number of anilines is 2. The van der Waals surface area contributed by atoms with E-state index in [2.05, 4.69) is 49.4 Å². The average Bonchev–Trinajstić information content (AvgIpc) is 3.47. The number of nitrogens with one attached hydrogen (secondary N) is 1. The summed E-state index contributed by atoms with van der Waals surface area (Å²) in [6.07, 6.45) is 11.5. The molecule has 3 aromatic heterocycles. The number of nitrogens with zero attached hydrogens (tertiary/aromatic N) is 7. The first-order chi connectivity index (χ1) is 23.4. The van der Waals surface area contributed by atoms with Crippen molar-refractivity contribution in [1.29, 1.82) is 0 Å². The minimum atomic E-state index is -0.322. The van der Waals surface area contributed by atoms with Crippen LogP contribution in [0.3, 0.4) is 0 Å². The van der Waals surface area contributed by atoms with E-state index in [-0.39, 0.29) is 18.1 Å². The van der Waals surface area contributed by atoms with Crippen LogP contribution in [0.15, 0.2) is 64.0 Å². The van der Waals surface area contributed by atoms with Crippen LogP contribution in [0.1, 0.15) is 47.1 Å². The fourth-order valence-corrected chi connectivity index (χ4v) is 7.39. The molecule has 2 N–H and O–H groups in total. The number of carbonyl (C=O) groups excluding carboxylic acids is 1. The van der Waals surface area contributed by atoms with Gasteiger partial charge in [-0.15, -0.1) is 0 Å². The number of hydrogen-bond donors (Lipinski definition) is 2. The molecule has 6 heterocycles. The molecule has 2 fully saturated rings. The lowest BCUT2D eigenvalue weighted by molar-refractivity contribution is -0.0747. The smallest absolute Gasteiger partial charge is 0.274 e. The van der Waals surface area contributed by atoms with Gasteiger partial charge < -0.3 is 34.1 Å². The van der Waals surface area contributed by atoms with Crippen molar-refractivity contribution in [3.05, 3.63) is 87.1 Å².